The van der Waals surface area contributed by atoms with Gasteiger partial charge in [-0.25, -0.2) is 0 Å². The average molecular weight is 199 g/mol. The summed E-state index contributed by atoms with van der Waals surface area (Å²) in [6, 6.07) is 0. The monoisotopic (exact) mass is 199 g/mol. The Morgan fingerprint density at radius 2 is 1.71 bits per heavy atom. The molecule has 0 spiro atoms. The smallest absolute Gasteiger partial charge is 0.0177 e. The van der Waals surface area contributed by atoms with E-state index in [1.165, 1.54) is 38.5 Å². The third-order valence-electron chi connectivity index (χ3n) is 3.60. The Labute approximate surface area is 90.5 Å². The van der Waals surface area contributed by atoms with Gasteiger partial charge in [0, 0.05) is 5.54 Å². The maximum absolute atomic E-state index is 6.43. The van der Waals surface area contributed by atoms with E-state index in [9.17, 15) is 0 Å². The van der Waals surface area contributed by atoms with E-state index in [1.807, 2.05) is 0 Å². The first kappa shape index (κ1) is 14.0. The van der Waals surface area contributed by atoms with Gasteiger partial charge in [-0.3, -0.25) is 0 Å². The van der Waals surface area contributed by atoms with E-state index in [2.05, 4.69) is 27.7 Å². The number of unbranched alkanes of at least 4 members (excludes halogenated alkanes) is 2. The molecule has 0 bridgehead atoms. The molecular formula is C13H29N. The highest BCUT2D eigenvalue weighted by Crippen LogP contribution is 2.28. The fourth-order valence-electron chi connectivity index (χ4n) is 2.23. The van der Waals surface area contributed by atoms with Gasteiger partial charge in [0.1, 0.15) is 0 Å². The van der Waals surface area contributed by atoms with Crippen molar-refractivity contribution in [1.29, 1.82) is 0 Å². The number of hydrogen-bond donors (Lipinski definition) is 1. The molecule has 0 rings (SSSR count). The summed E-state index contributed by atoms with van der Waals surface area (Å²) < 4.78 is 0. The Morgan fingerprint density at radius 3 is 2.14 bits per heavy atom. The largest absolute Gasteiger partial charge is 0.325 e. The van der Waals surface area contributed by atoms with E-state index in [4.69, 9.17) is 5.73 Å². The van der Waals surface area contributed by atoms with E-state index in [-0.39, 0.29) is 5.54 Å². The predicted octanol–water partition coefficient (Wildman–Crippen LogP) is 4.11. The number of nitrogens with two attached hydrogens (primary N) is 1. The van der Waals surface area contributed by atoms with Crippen LogP contribution in [0.15, 0.2) is 0 Å². The van der Waals surface area contributed by atoms with Gasteiger partial charge in [0.15, 0.2) is 0 Å². The third-order valence-corrected chi connectivity index (χ3v) is 3.60. The molecule has 0 saturated carbocycles. The number of rotatable bonds is 8. The van der Waals surface area contributed by atoms with Gasteiger partial charge in [0.05, 0.1) is 0 Å². The molecule has 0 heterocycles. The van der Waals surface area contributed by atoms with Crippen LogP contribution in [0.25, 0.3) is 0 Å². The van der Waals surface area contributed by atoms with E-state index < -0.39 is 0 Å². The summed E-state index contributed by atoms with van der Waals surface area (Å²) in [7, 11) is 0. The second kappa shape index (κ2) is 7.28. The highest BCUT2D eigenvalue weighted by Gasteiger charge is 2.28. The Bertz CT molecular complexity index is 133. The highest BCUT2D eigenvalue weighted by molar-refractivity contribution is 4.87. The van der Waals surface area contributed by atoms with Crippen LogP contribution in [-0.2, 0) is 0 Å². The minimum absolute atomic E-state index is 0.0997. The molecule has 0 aromatic heterocycles. The summed E-state index contributed by atoms with van der Waals surface area (Å²) in [5.41, 5.74) is 6.53. The lowest BCUT2D eigenvalue weighted by atomic mass is 9.77. The first-order valence-electron chi connectivity index (χ1n) is 6.39. The molecule has 1 nitrogen and oxygen atoms in total. The van der Waals surface area contributed by atoms with E-state index in [1.54, 1.807) is 0 Å². The van der Waals surface area contributed by atoms with Crippen molar-refractivity contribution in [2.24, 2.45) is 11.7 Å². The lowest BCUT2D eigenvalue weighted by molar-refractivity contribution is 0.240. The van der Waals surface area contributed by atoms with Gasteiger partial charge in [-0.15, -0.1) is 0 Å². The van der Waals surface area contributed by atoms with Crippen molar-refractivity contribution in [2.45, 2.75) is 78.2 Å². The van der Waals surface area contributed by atoms with Crippen molar-refractivity contribution in [3.05, 3.63) is 0 Å². The molecule has 0 amide bonds. The fourth-order valence-corrected chi connectivity index (χ4v) is 2.23. The van der Waals surface area contributed by atoms with Gasteiger partial charge in [-0.1, -0.05) is 53.4 Å². The number of hydrogen-bond acceptors (Lipinski definition) is 1. The van der Waals surface area contributed by atoms with Gasteiger partial charge >= 0.3 is 0 Å². The lowest BCUT2D eigenvalue weighted by Gasteiger charge is -2.34. The normalized spacial score (nSPS) is 17.8. The van der Waals surface area contributed by atoms with Crippen LogP contribution >= 0.6 is 0 Å². The zero-order valence-electron chi connectivity index (χ0n) is 10.6. The molecule has 0 aliphatic carbocycles. The molecule has 2 atom stereocenters. The zero-order valence-corrected chi connectivity index (χ0v) is 10.6. The van der Waals surface area contributed by atoms with Gasteiger partial charge < -0.3 is 5.73 Å². The first-order chi connectivity index (χ1) is 6.60. The van der Waals surface area contributed by atoms with Crippen LogP contribution in [-0.4, -0.2) is 5.54 Å². The van der Waals surface area contributed by atoms with Gasteiger partial charge in [0.25, 0.3) is 0 Å². The maximum atomic E-state index is 6.43. The van der Waals surface area contributed by atoms with E-state index in [0.717, 1.165) is 6.42 Å². The van der Waals surface area contributed by atoms with Crippen molar-refractivity contribution in [2.75, 3.05) is 0 Å². The van der Waals surface area contributed by atoms with Crippen molar-refractivity contribution in [3.63, 3.8) is 0 Å². The SMILES string of the molecule is CCCCCC(C)C(N)(CC)CCC. The molecular weight excluding hydrogens is 170 g/mol. The van der Waals surface area contributed by atoms with Crippen LogP contribution in [0.4, 0.5) is 0 Å². The fraction of sp³-hybridized carbons (Fsp3) is 1.00. The molecule has 0 fully saturated rings. The summed E-state index contributed by atoms with van der Waals surface area (Å²) in [4.78, 5) is 0. The summed E-state index contributed by atoms with van der Waals surface area (Å²) in [6.07, 6.45) is 8.83. The molecule has 86 valence electrons. The van der Waals surface area contributed by atoms with Crippen LogP contribution in [0.5, 0.6) is 0 Å². The van der Waals surface area contributed by atoms with Crippen LogP contribution in [0.2, 0.25) is 0 Å². The standard InChI is InChI=1S/C13H29N/c1-5-8-9-10-12(4)13(14,7-3)11-6-2/h12H,5-11,14H2,1-4H3. The quantitative estimate of drug-likeness (QED) is 0.585. The Hall–Kier alpha value is -0.0400. The molecule has 14 heavy (non-hydrogen) atoms. The van der Waals surface area contributed by atoms with Crippen molar-refractivity contribution >= 4 is 0 Å². The average Bonchev–Trinajstić information content (AvgIpc) is 2.18. The van der Waals surface area contributed by atoms with Crippen LogP contribution in [0, 0.1) is 5.92 Å². The molecule has 0 aliphatic heterocycles. The summed E-state index contributed by atoms with van der Waals surface area (Å²) in [6.45, 7) is 9.04. The lowest BCUT2D eigenvalue weighted by Crippen LogP contribution is -2.45. The van der Waals surface area contributed by atoms with Crippen LogP contribution in [0.3, 0.4) is 0 Å². The molecule has 2 N–H and O–H groups in total. The molecule has 0 saturated heterocycles. The minimum atomic E-state index is 0.0997. The van der Waals surface area contributed by atoms with Gasteiger partial charge in [-0.2, -0.15) is 0 Å². The molecule has 0 aliphatic rings. The maximum Gasteiger partial charge on any atom is 0.0177 e. The first-order valence-corrected chi connectivity index (χ1v) is 6.39. The zero-order chi connectivity index (χ0) is 11.0. The Balaban J connectivity index is 3.95. The second-order valence-electron chi connectivity index (χ2n) is 4.73. The molecule has 0 radical (unpaired) electrons. The Kier molecular flexibility index (Phi) is 7.26. The predicted molar refractivity (Wildman–Crippen MR) is 65.4 cm³/mol. The van der Waals surface area contributed by atoms with Crippen molar-refractivity contribution in [1.82, 2.24) is 0 Å². The summed E-state index contributed by atoms with van der Waals surface area (Å²) >= 11 is 0. The second-order valence-corrected chi connectivity index (χ2v) is 4.73. The van der Waals surface area contributed by atoms with Crippen LogP contribution < -0.4 is 5.73 Å². The third kappa shape index (κ3) is 4.45. The van der Waals surface area contributed by atoms with E-state index >= 15 is 0 Å². The van der Waals surface area contributed by atoms with Gasteiger partial charge in [-0.05, 0) is 25.2 Å². The Morgan fingerprint density at radius 1 is 1.07 bits per heavy atom. The molecule has 0 aromatic carbocycles. The summed E-state index contributed by atoms with van der Waals surface area (Å²) in [5, 5.41) is 0. The minimum Gasteiger partial charge on any atom is -0.325 e. The molecule has 1 heteroatoms. The van der Waals surface area contributed by atoms with Crippen molar-refractivity contribution < 1.29 is 0 Å². The van der Waals surface area contributed by atoms with Gasteiger partial charge in [0.2, 0.25) is 0 Å². The highest BCUT2D eigenvalue weighted by atomic mass is 14.7. The van der Waals surface area contributed by atoms with E-state index in [0.29, 0.717) is 5.92 Å². The van der Waals surface area contributed by atoms with Crippen molar-refractivity contribution in [3.8, 4) is 0 Å². The molecule has 0 aromatic rings. The summed E-state index contributed by atoms with van der Waals surface area (Å²) in [5.74, 6) is 0.680. The van der Waals surface area contributed by atoms with Crippen LogP contribution in [0.1, 0.15) is 72.6 Å². The molecule has 2 unspecified atom stereocenters. The topological polar surface area (TPSA) is 26.0 Å².